The van der Waals surface area contributed by atoms with Gasteiger partial charge in [0.1, 0.15) is 24.8 Å². The fourth-order valence-corrected chi connectivity index (χ4v) is 11.4. The second-order valence-corrected chi connectivity index (χ2v) is 23.4. The number of aliphatic hydroxyl groups is 4. The molecule has 0 aliphatic rings. The molecular formula is C74H80F2N4O15. The van der Waals surface area contributed by atoms with E-state index in [1.807, 2.05) is 134 Å². The number of amides is 2. The van der Waals surface area contributed by atoms with E-state index in [0.29, 0.717) is 67.5 Å². The lowest BCUT2D eigenvalue weighted by Crippen LogP contribution is -2.25. The number of nitrogens with one attached hydrogen (secondary N) is 2. The number of halogens is 2. The Balaban J connectivity index is 0.734. The van der Waals surface area contributed by atoms with E-state index < -0.39 is 86.0 Å². The van der Waals surface area contributed by atoms with Crippen LogP contribution in [-0.4, -0.2) is 129 Å². The van der Waals surface area contributed by atoms with Gasteiger partial charge in [0.25, 0.3) is 11.8 Å². The first kappa shape index (κ1) is 71.2. The van der Waals surface area contributed by atoms with Gasteiger partial charge in [-0.15, -0.1) is 0 Å². The molecule has 2 aromatic heterocycles. The SMILES string of the molecule is CC(C)c1c(C(=O)Nc2ccccc2)c(-c2ccccc2)c(-c2ccc(F)cc2)n1CC[C@@H](O)C[C@H](O)CC(=O)OCC(=O)OCCOCCOC(=O)COC(=O)C[C@@H](O)C[C@@H](O)CCn1c(-c2ccc(F)cc2)c(-c2ccccc2)c(C(=O)Nc2ccccc2)c1C(C)C. The van der Waals surface area contributed by atoms with E-state index >= 15 is 0 Å². The zero-order valence-electron chi connectivity index (χ0n) is 53.5. The van der Waals surface area contributed by atoms with Crippen LogP contribution >= 0.6 is 0 Å². The van der Waals surface area contributed by atoms with Crippen molar-refractivity contribution in [1.82, 2.24) is 9.13 Å². The minimum atomic E-state index is -1.35. The minimum absolute atomic E-state index is 0.0820. The van der Waals surface area contributed by atoms with Gasteiger partial charge in [0.2, 0.25) is 0 Å². The number of carbonyl (C=O) groups is 6. The molecule has 0 radical (unpaired) electrons. The number of aromatic nitrogens is 2. The van der Waals surface area contributed by atoms with Crippen molar-refractivity contribution in [2.24, 2.45) is 0 Å². The third-order valence-corrected chi connectivity index (χ3v) is 15.5. The van der Waals surface area contributed by atoms with E-state index in [-0.39, 0.29) is 88.9 Å². The average molecular weight is 1300 g/mol. The Kier molecular flexibility index (Phi) is 26.3. The Hall–Kier alpha value is -9.64. The second-order valence-electron chi connectivity index (χ2n) is 23.4. The number of benzene rings is 6. The topological polar surface area (TPSA) is 263 Å². The molecule has 2 amide bonds. The monoisotopic (exact) mass is 1300 g/mol. The molecule has 0 unspecified atom stereocenters. The van der Waals surface area contributed by atoms with E-state index in [9.17, 15) is 58.0 Å². The molecule has 6 aromatic carbocycles. The van der Waals surface area contributed by atoms with Crippen LogP contribution in [-0.2, 0) is 56.0 Å². The number of aliphatic hydroxyl groups excluding tert-OH is 4. The number of nitrogens with zero attached hydrogens (tertiary/aromatic N) is 2. The molecule has 0 spiro atoms. The van der Waals surface area contributed by atoms with E-state index in [0.717, 1.165) is 11.1 Å². The summed E-state index contributed by atoms with van der Waals surface area (Å²) in [5.41, 5.74) is 8.59. The number of rotatable bonds is 34. The molecule has 19 nitrogen and oxygen atoms in total. The third-order valence-electron chi connectivity index (χ3n) is 15.5. The summed E-state index contributed by atoms with van der Waals surface area (Å²) in [6, 6.07) is 48.7. The molecule has 8 aromatic rings. The van der Waals surface area contributed by atoms with Crippen molar-refractivity contribution in [3.63, 3.8) is 0 Å². The fourth-order valence-electron chi connectivity index (χ4n) is 11.4. The summed E-state index contributed by atoms with van der Waals surface area (Å²) in [6.07, 6.45) is -6.36. The molecule has 0 fully saturated rings. The van der Waals surface area contributed by atoms with Gasteiger partial charge in [-0.05, 0) is 133 Å². The molecule has 2 heterocycles. The van der Waals surface area contributed by atoms with Crippen molar-refractivity contribution in [2.75, 3.05) is 50.3 Å². The Morgan fingerprint density at radius 2 is 0.747 bits per heavy atom. The summed E-state index contributed by atoms with van der Waals surface area (Å²) in [5, 5.41) is 50.3. The lowest BCUT2D eigenvalue weighted by Gasteiger charge is -2.20. The van der Waals surface area contributed by atoms with Gasteiger partial charge in [0.15, 0.2) is 13.2 Å². The summed E-state index contributed by atoms with van der Waals surface area (Å²) >= 11 is 0. The molecule has 6 N–H and O–H groups in total. The predicted octanol–water partition coefficient (Wildman–Crippen LogP) is 11.7. The molecule has 21 heteroatoms. The van der Waals surface area contributed by atoms with Crippen molar-refractivity contribution in [2.45, 2.75) is 116 Å². The maximum atomic E-state index is 14.4. The molecule has 0 aliphatic carbocycles. The van der Waals surface area contributed by atoms with Gasteiger partial charge in [0.05, 0.1) is 73.0 Å². The quantitative estimate of drug-likeness (QED) is 0.0124. The van der Waals surface area contributed by atoms with Gasteiger partial charge in [0, 0.05) is 47.0 Å². The number of ether oxygens (including phenoxy) is 5. The van der Waals surface area contributed by atoms with Gasteiger partial charge in [-0.3, -0.25) is 19.2 Å². The van der Waals surface area contributed by atoms with Crippen LogP contribution in [0.3, 0.4) is 0 Å². The van der Waals surface area contributed by atoms with Crippen molar-refractivity contribution in [1.29, 1.82) is 0 Å². The van der Waals surface area contributed by atoms with Crippen LogP contribution in [0.2, 0.25) is 0 Å². The second kappa shape index (κ2) is 35.0. The van der Waals surface area contributed by atoms with Gasteiger partial charge < -0.3 is 63.9 Å². The van der Waals surface area contributed by atoms with E-state index in [2.05, 4.69) is 10.6 Å². The molecule has 0 saturated carbocycles. The zero-order chi connectivity index (χ0) is 68.0. The highest BCUT2D eigenvalue weighted by Crippen LogP contribution is 2.45. The Bertz CT molecular complexity index is 3580. The van der Waals surface area contributed by atoms with Crippen LogP contribution in [0.25, 0.3) is 44.8 Å². The average Bonchev–Trinajstić information content (AvgIpc) is 1.60. The normalized spacial score (nSPS) is 12.6. The van der Waals surface area contributed by atoms with Crippen LogP contribution in [0.4, 0.5) is 20.2 Å². The van der Waals surface area contributed by atoms with Crippen LogP contribution in [0.1, 0.15) is 110 Å². The van der Waals surface area contributed by atoms with Gasteiger partial charge in [-0.2, -0.15) is 0 Å². The van der Waals surface area contributed by atoms with Crippen LogP contribution in [0, 0.1) is 11.6 Å². The summed E-state index contributed by atoms with van der Waals surface area (Å²) in [7, 11) is 0. The minimum Gasteiger partial charge on any atom is -0.461 e. The van der Waals surface area contributed by atoms with Crippen LogP contribution in [0.15, 0.2) is 170 Å². The predicted molar refractivity (Wildman–Crippen MR) is 354 cm³/mol. The van der Waals surface area contributed by atoms with Gasteiger partial charge in [-0.1, -0.05) is 125 Å². The van der Waals surface area contributed by atoms with Crippen molar-refractivity contribution >= 4 is 47.1 Å². The molecule has 0 saturated heterocycles. The summed E-state index contributed by atoms with van der Waals surface area (Å²) in [6.45, 7) is 5.83. The number of esters is 4. The standard InChI is InChI=1S/C74H80F2N4O15/c1-47(2)69-67(73(89)77-55-21-13-7-14-22-55)65(49-17-9-5-10-18-49)71(51-25-29-53(75)30-26-51)79(69)35-33-57(81)41-59(83)43-61(85)94-45-63(87)92-39-37-91-38-40-93-64(88)46-95-62(86)44-60(84)42-58(82)34-36-80-70(48(3)4)68(74(90)78-56-23-15-8-16-24-56)66(50-19-11-6-12-20-50)72(80)52-27-31-54(76)32-28-52/h5-32,47-48,57-60,81-84H,33-46H2,1-4H3,(H,77,89)(H,78,90)/t57-,58+,59-,60-/m0/s1. The third kappa shape index (κ3) is 20.2. The molecule has 0 bridgehead atoms. The first-order chi connectivity index (χ1) is 45.8. The van der Waals surface area contributed by atoms with Crippen LogP contribution < -0.4 is 10.6 Å². The highest BCUT2D eigenvalue weighted by molar-refractivity contribution is 6.13. The number of hydrogen-bond donors (Lipinski definition) is 6. The Morgan fingerprint density at radius 1 is 0.411 bits per heavy atom. The highest BCUT2D eigenvalue weighted by atomic mass is 19.1. The van der Waals surface area contributed by atoms with Gasteiger partial charge >= 0.3 is 23.9 Å². The number of hydrogen-bond acceptors (Lipinski definition) is 15. The molecule has 95 heavy (non-hydrogen) atoms. The van der Waals surface area contributed by atoms with E-state index in [4.69, 9.17) is 23.7 Å². The fraction of sp³-hybridized carbons (Fsp3) is 0.324. The molecular weight excluding hydrogens is 1220 g/mol. The van der Waals surface area contributed by atoms with E-state index in [1.165, 1.54) is 24.3 Å². The number of carbonyl (C=O) groups excluding carboxylic acids is 6. The molecule has 500 valence electrons. The van der Waals surface area contributed by atoms with Gasteiger partial charge in [-0.25, -0.2) is 18.4 Å². The zero-order valence-corrected chi connectivity index (χ0v) is 53.5. The highest BCUT2D eigenvalue weighted by Gasteiger charge is 2.33. The van der Waals surface area contributed by atoms with Crippen molar-refractivity contribution in [3.05, 3.63) is 204 Å². The molecule has 8 rings (SSSR count). The first-order valence-corrected chi connectivity index (χ1v) is 31.6. The number of anilines is 2. The number of para-hydroxylation sites is 2. The van der Waals surface area contributed by atoms with Crippen LogP contribution in [0.5, 0.6) is 0 Å². The summed E-state index contributed by atoms with van der Waals surface area (Å²) in [5.74, 6) is -5.69. The lowest BCUT2D eigenvalue weighted by molar-refractivity contribution is -0.162. The maximum absolute atomic E-state index is 14.4. The van der Waals surface area contributed by atoms with E-state index in [1.54, 1.807) is 48.5 Å². The summed E-state index contributed by atoms with van der Waals surface area (Å²) < 4.78 is 58.0. The Morgan fingerprint density at radius 3 is 1.08 bits per heavy atom. The first-order valence-electron chi connectivity index (χ1n) is 31.6. The largest absolute Gasteiger partial charge is 0.461 e. The summed E-state index contributed by atoms with van der Waals surface area (Å²) in [4.78, 5) is 78.8. The molecule has 0 aliphatic heterocycles. The van der Waals surface area contributed by atoms with Crippen molar-refractivity contribution < 1.29 is 81.7 Å². The smallest absolute Gasteiger partial charge is 0.344 e. The molecule has 4 atom stereocenters. The Labute approximate surface area is 550 Å². The lowest BCUT2D eigenvalue weighted by atomic mass is 9.94. The van der Waals surface area contributed by atoms with Crippen molar-refractivity contribution in [3.8, 4) is 44.8 Å². The maximum Gasteiger partial charge on any atom is 0.344 e.